The number of nitrogens with zero attached hydrogens (tertiary/aromatic N) is 3. The van der Waals surface area contributed by atoms with Gasteiger partial charge in [-0.1, -0.05) is 6.07 Å². The van der Waals surface area contributed by atoms with Crippen molar-refractivity contribution in [2.75, 3.05) is 5.73 Å². The molecule has 0 aliphatic rings. The summed E-state index contributed by atoms with van der Waals surface area (Å²) in [5.41, 5.74) is 15.7. The quantitative estimate of drug-likeness (QED) is 0.521. The lowest BCUT2D eigenvalue weighted by molar-refractivity contribution is 0.100. The first-order chi connectivity index (χ1) is 11.1. The van der Waals surface area contributed by atoms with Gasteiger partial charge in [0.1, 0.15) is 12.1 Å². The maximum Gasteiger partial charge on any atom is 0.249 e. The van der Waals surface area contributed by atoms with E-state index in [1.165, 1.54) is 6.33 Å². The minimum Gasteiger partial charge on any atom is -0.383 e. The van der Waals surface area contributed by atoms with Crippen molar-refractivity contribution >= 4 is 33.7 Å². The number of hydrogen-bond donors (Lipinski definition) is 3. The standard InChI is InChI=1S/C16H12N6O/c17-15-11-4-10(16(18)23)9(5-13(11)20-7-22-15)8-1-2-12-14(3-8)21-6-19-12/h1-7H,(H2,18,23)(H,19,21)(H2,17,20,22). The van der Waals surface area contributed by atoms with Crippen LogP contribution < -0.4 is 11.5 Å². The molecule has 1 amide bonds. The van der Waals surface area contributed by atoms with Gasteiger partial charge in [-0.05, 0) is 35.4 Å². The number of carbonyl (C=O) groups excluding carboxylic acids is 1. The zero-order chi connectivity index (χ0) is 16.0. The summed E-state index contributed by atoms with van der Waals surface area (Å²) >= 11 is 0. The van der Waals surface area contributed by atoms with Gasteiger partial charge in [-0.3, -0.25) is 4.79 Å². The Labute approximate surface area is 130 Å². The third-order valence-corrected chi connectivity index (χ3v) is 3.80. The van der Waals surface area contributed by atoms with E-state index >= 15 is 0 Å². The fraction of sp³-hybridized carbons (Fsp3) is 0. The van der Waals surface area contributed by atoms with Crippen LogP contribution in [0.4, 0.5) is 5.82 Å². The number of primary amides is 1. The van der Waals surface area contributed by atoms with Crippen LogP contribution in [0.1, 0.15) is 10.4 Å². The third kappa shape index (κ3) is 2.06. The van der Waals surface area contributed by atoms with Crippen LogP contribution >= 0.6 is 0 Å². The number of fused-ring (bicyclic) bond motifs is 2. The fourth-order valence-electron chi connectivity index (χ4n) is 2.67. The van der Waals surface area contributed by atoms with Gasteiger partial charge in [-0.2, -0.15) is 0 Å². The molecule has 7 nitrogen and oxygen atoms in total. The maximum atomic E-state index is 11.9. The van der Waals surface area contributed by atoms with E-state index in [2.05, 4.69) is 19.9 Å². The Hall–Kier alpha value is -3.48. The summed E-state index contributed by atoms with van der Waals surface area (Å²) in [4.78, 5) is 27.3. The van der Waals surface area contributed by atoms with Gasteiger partial charge in [0, 0.05) is 10.9 Å². The molecule has 0 radical (unpaired) electrons. The van der Waals surface area contributed by atoms with Gasteiger partial charge in [0.15, 0.2) is 0 Å². The Balaban J connectivity index is 2.04. The first-order valence-corrected chi connectivity index (χ1v) is 6.91. The monoisotopic (exact) mass is 304 g/mol. The van der Waals surface area contributed by atoms with E-state index in [1.807, 2.05) is 18.2 Å². The number of aromatic nitrogens is 4. The average molecular weight is 304 g/mol. The Kier molecular flexibility index (Phi) is 2.74. The summed E-state index contributed by atoms with van der Waals surface area (Å²) < 4.78 is 0. The van der Waals surface area contributed by atoms with Gasteiger partial charge in [-0.15, -0.1) is 0 Å². The fourth-order valence-corrected chi connectivity index (χ4v) is 2.67. The van der Waals surface area contributed by atoms with E-state index in [-0.39, 0.29) is 0 Å². The Morgan fingerprint density at radius 2 is 1.91 bits per heavy atom. The maximum absolute atomic E-state index is 11.9. The molecule has 23 heavy (non-hydrogen) atoms. The number of benzene rings is 2. The minimum absolute atomic E-state index is 0.313. The number of imidazole rings is 1. The number of rotatable bonds is 2. The highest BCUT2D eigenvalue weighted by Crippen LogP contribution is 2.30. The lowest BCUT2D eigenvalue weighted by Crippen LogP contribution is -2.13. The molecule has 2 aromatic heterocycles. The predicted octanol–water partition coefficient (Wildman–Crippen LogP) is 1.85. The molecule has 112 valence electrons. The van der Waals surface area contributed by atoms with E-state index in [1.54, 1.807) is 18.5 Å². The van der Waals surface area contributed by atoms with Gasteiger partial charge in [0.25, 0.3) is 0 Å². The van der Waals surface area contributed by atoms with Crippen LogP contribution in [-0.4, -0.2) is 25.8 Å². The Morgan fingerprint density at radius 3 is 2.74 bits per heavy atom. The number of hydrogen-bond acceptors (Lipinski definition) is 5. The topological polar surface area (TPSA) is 124 Å². The summed E-state index contributed by atoms with van der Waals surface area (Å²) in [5.74, 6) is -0.220. The van der Waals surface area contributed by atoms with E-state index < -0.39 is 5.91 Å². The molecule has 5 N–H and O–H groups in total. The van der Waals surface area contributed by atoms with Crippen molar-refractivity contribution in [2.45, 2.75) is 0 Å². The molecular weight excluding hydrogens is 292 g/mol. The van der Waals surface area contributed by atoms with Crippen molar-refractivity contribution in [3.8, 4) is 11.1 Å². The van der Waals surface area contributed by atoms with Crippen molar-refractivity contribution in [2.24, 2.45) is 5.73 Å². The average Bonchev–Trinajstić information content (AvgIpc) is 3.01. The second-order valence-corrected chi connectivity index (χ2v) is 5.17. The smallest absolute Gasteiger partial charge is 0.249 e. The predicted molar refractivity (Wildman–Crippen MR) is 87.6 cm³/mol. The van der Waals surface area contributed by atoms with Gasteiger partial charge in [0.2, 0.25) is 5.91 Å². The lowest BCUT2D eigenvalue weighted by atomic mass is 9.96. The van der Waals surface area contributed by atoms with Crippen molar-refractivity contribution in [1.82, 2.24) is 19.9 Å². The molecule has 0 unspecified atom stereocenters. The number of nitrogen functional groups attached to an aromatic ring is 1. The highest BCUT2D eigenvalue weighted by Gasteiger charge is 2.14. The lowest BCUT2D eigenvalue weighted by Gasteiger charge is -2.10. The summed E-state index contributed by atoms with van der Waals surface area (Å²) in [6.07, 6.45) is 3.02. The molecule has 0 saturated carbocycles. The largest absolute Gasteiger partial charge is 0.383 e. The first kappa shape index (κ1) is 13.2. The number of amides is 1. The highest BCUT2D eigenvalue weighted by atomic mass is 16.1. The van der Waals surface area contributed by atoms with Crippen LogP contribution in [-0.2, 0) is 0 Å². The second kappa shape index (κ2) is 4.77. The van der Waals surface area contributed by atoms with Crippen LogP contribution in [0.5, 0.6) is 0 Å². The number of nitrogens with one attached hydrogen (secondary N) is 1. The molecule has 0 spiro atoms. The molecule has 0 bridgehead atoms. The van der Waals surface area contributed by atoms with Crippen molar-refractivity contribution in [3.63, 3.8) is 0 Å². The van der Waals surface area contributed by atoms with Crippen molar-refractivity contribution in [1.29, 1.82) is 0 Å². The van der Waals surface area contributed by atoms with Gasteiger partial charge in [-0.25, -0.2) is 15.0 Å². The molecule has 0 aliphatic carbocycles. The van der Waals surface area contributed by atoms with Crippen LogP contribution in [0.2, 0.25) is 0 Å². The molecule has 0 aliphatic heterocycles. The zero-order valence-electron chi connectivity index (χ0n) is 11.9. The molecular formula is C16H12N6O. The summed E-state index contributed by atoms with van der Waals surface area (Å²) in [7, 11) is 0. The highest BCUT2D eigenvalue weighted by molar-refractivity contribution is 6.06. The van der Waals surface area contributed by atoms with Crippen LogP contribution in [0.15, 0.2) is 43.0 Å². The number of anilines is 1. The SMILES string of the molecule is NC(=O)c1cc2c(N)ncnc2cc1-c1ccc2nc[nH]c2c1. The first-order valence-electron chi connectivity index (χ1n) is 6.91. The van der Waals surface area contributed by atoms with Crippen LogP contribution in [0.25, 0.3) is 33.1 Å². The van der Waals surface area contributed by atoms with Crippen LogP contribution in [0, 0.1) is 0 Å². The zero-order valence-corrected chi connectivity index (χ0v) is 11.9. The number of H-pyrrole nitrogens is 1. The molecule has 2 aromatic carbocycles. The summed E-state index contributed by atoms with van der Waals surface area (Å²) in [5, 5.41) is 0.604. The molecule has 7 heteroatoms. The van der Waals surface area contributed by atoms with Gasteiger partial charge >= 0.3 is 0 Å². The molecule has 0 saturated heterocycles. The molecule has 0 atom stereocenters. The number of carbonyl (C=O) groups is 1. The second-order valence-electron chi connectivity index (χ2n) is 5.17. The Morgan fingerprint density at radius 1 is 1.04 bits per heavy atom. The minimum atomic E-state index is -0.533. The van der Waals surface area contributed by atoms with Crippen molar-refractivity contribution in [3.05, 3.63) is 48.5 Å². The van der Waals surface area contributed by atoms with Crippen LogP contribution in [0.3, 0.4) is 0 Å². The third-order valence-electron chi connectivity index (χ3n) is 3.80. The van der Waals surface area contributed by atoms with E-state index in [0.717, 1.165) is 16.6 Å². The number of aromatic amines is 1. The van der Waals surface area contributed by atoms with Gasteiger partial charge in [0.05, 0.1) is 22.9 Å². The van der Waals surface area contributed by atoms with E-state index in [4.69, 9.17) is 11.5 Å². The van der Waals surface area contributed by atoms with Crippen molar-refractivity contribution < 1.29 is 4.79 Å². The van der Waals surface area contributed by atoms with E-state index in [9.17, 15) is 4.79 Å². The molecule has 4 rings (SSSR count). The van der Waals surface area contributed by atoms with Gasteiger partial charge < -0.3 is 16.5 Å². The van der Waals surface area contributed by atoms with E-state index in [0.29, 0.717) is 27.8 Å². The molecule has 4 aromatic rings. The normalized spacial score (nSPS) is 11.1. The molecule has 2 heterocycles. The molecule has 0 fully saturated rings. The number of nitrogens with two attached hydrogens (primary N) is 2. The summed E-state index contributed by atoms with van der Waals surface area (Å²) in [6, 6.07) is 9.12. The Bertz CT molecular complexity index is 1070. The summed E-state index contributed by atoms with van der Waals surface area (Å²) in [6.45, 7) is 0.